The molecule has 0 saturated heterocycles. The summed E-state index contributed by atoms with van der Waals surface area (Å²) in [6.07, 6.45) is 1.47. The third kappa shape index (κ3) is 2.49. The Morgan fingerprint density at radius 3 is 2.26 bits per heavy atom. The van der Waals surface area contributed by atoms with E-state index in [9.17, 15) is 8.42 Å². The Hall–Kier alpha value is -1.07. The molecule has 2 rings (SSSR count). The molecular weight excluding hydrogens is 262 g/mol. The van der Waals surface area contributed by atoms with Crippen LogP contribution in [-0.4, -0.2) is 26.8 Å². The van der Waals surface area contributed by atoms with Crippen LogP contribution in [0.3, 0.4) is 0 Å². The van der Waals surface area contributed by atoms with Crippen molar-refractivity contribution in [3.8, 4) is 5.75 Å². The first-order valence-electron chi connectivity index (χ1n) is 6.42. The quantitative estimate of drug-likeness (QED) is 0.921. The molecule has 0 heterocycles. The van der Waals surface area contributed by atoms with Gasteiger partial charge in [0.05, 0.1) is 17.3 Å². The Bertz CT molecular complexity index is 549. The van der Waals surface area contributed by atoms with Crippen molar-refractivity contribution in [2.24, 2.45) is 11.1 Å². The van der Waals surface area contributed by atoms with E-state index in [0.29, 0.717) is 17.1 Å². The highest BCUT2D eigenvalue weighted by Gasteiger charge is 2.46. The SMILES string of the molecule is COc1ccc(S(=O)(=O)C2CCC(C)(C)C2N)cc1. The fraction of sp³-hybridized carbons (Fsp3) is 0.571. The zero-order valence-electron chi connectivity index (χ0n) is 11.6. The summed E-state index contributed by atoms with van der Waals surface area (Å²) in [6.45, 7) is 4.06. The van der Waals surface area contributed by atoms with Crippen molar-refractivity contribution in [3.63, 3.8) is 0 Å². The van der Waals surface area contributed by atoms with Crippen molar-refractivity contribution in [1.82, 2.24) is 0 Å². The van der Waals surface area contributed by atoms with E-state index in [1.165, 1.54) is 0 Å². The van der Waals surface area contributed by atoms with E-state index >= 15 is 0 Å². The second kappa shape index (κ2) is 4.80. The van der Waals surface area contributed by atoms with Gasteiger partial charge in [-0.05, 0) is 42.5 Å². The number of methoxy groups -OCH3 is 1. The highest BCUT2D eigenvalue weighted by atomic mass is 32.2. The fourth-order valence-corrected chi connectivity index (χ4v) is 4.70. The van der Waals surface area contributed by atoms with Crippen LogP contribution in [0, 0.1) is 5.41 Å². The Balaban J connectivity index is 2.32. The van der Waals surface area contributed by atoms with Crippen LogP contribution in [0.4, 0.5) is 0 Å². The van der Waals surface area contributed by atoms with Gasteiger partial charge >= 0.3 is 0 Å². The van der Waals surface area contributed by atoms with Gasteiger partial charge in [-0.15, -0.1) is 0 Å². The third-order valence-corrected chi connectivity index (χ3v) is 6.42. The number of benzene rings is 1. The molecule has 1 aliphatic carbocycles. The van der Waals surface area contributed by atoms with Gasteiger partial charge in [0.2, 0.25) is 0 Å². The second-order valence-corrected chi connectivity index (χ2v) is 7.98. The molecule has 19 heavy (non-hydrogen) atoms. The van der Waals surface area contributed by atoms with Gasteiger partial charge in [-0.1, -0.05) is 13.8 Å². The average molecular weight is 283 g/mol. The van der Waals surface area contributed by atoms with Crippen LogP contribution in [0.2, 0.25) is 0 Å². The van der Waals surface area contributed by atoms with Crippen molar-refractivity contribution in [3.05, 3.63) is 24.3 Å². The predicted octanol–water partition coefficient (Wildman–Crippen LogP) is 1.98. The fourth-order valence-electron chi connectivity index (χ4n) is 2.65. The first-order valence-corrected chi connectivity index (χ1v) is 7.97. The topological polar surface area (TPSA) is 69.4 Å². The molecule has 1 aliphatic rings. The molecule has 1 fully saturated rings. The molecule has 2 N–H and O–H groups in total. The van der Waals surface area contributed by atoms with Crippen LogP contribution >= 0.6 is 0 Å². The molecule has 0 radical (unpaired) electrons. The minimum Gasteiger partial charge on any atom is -0.497 e. The van der Waals surface area contributed by atoms with Crippen LogP contribution in [0.1, 0.15) is 26.7 Å². The molecule has 2 unspecified atom stereocenters. The monoisotopic (exact) mass is 283 g/mol. The second-order valence-electron chi connectivity index (χ2n) is 5.81. The maximum absolute atomic E-state index is 12.6. The van der Waals surface area contributed by atoms with E-state index in [1.54, 1.807) is 31.4 Å². The summed E-state index contributed by atoms with van der Waals surface area (Å²) in [4.78, 5) is 0.325. The molecule has 0 amide bonds. The minimum atomic E-state index is -3.36. The maximum atomic E-state index is 12.6. The number of rotatable bonds is 3. The molecule has 0 aliphatic heterocycles. The molecule has 0 aromatic heterocycles. The molecule has 1 aromatic rings. The summed E-state index contributed by atoms with van der Waals surface area (Å²) in [5.41, 5.74) is 6.01. The number of hydrogen-bond acceptors (Lipinski definition) is 4. The number of nitrogens with two attached hydrogens (primary N) is 1. The first kappa shape index (κ1) is 14.3. The highest BCUT2D eigenvalue weighted by Crippen LogP contribution is 2.41. The van der Waals surface area contributed by atoms with Crippen LogP contribution in [0.15, 0.2) is 29.2 Å². The van der Waals surface area contributed by atoms with E-state index in [2.05, 4.69) is 0 Å². The summed E-state index contributed by atoms with van der Waals surface area (Å²) in [5.74, 6) is 0.648. The van der Waals surface area contributed by atoms with Crippen molar-refractivity contribution < 1.29 is 13.2 Å². The number of hydrogen-bond donors (Lipinski definition) is 1. The van der Waals surface area contributed by atoms with E-state index in [1.807, 2.05) is 13.8 Å². The van der Waals surface area contributed by atoms with E-state index in [-0.39, 0.29) is 11.5 Å². The van der Waals surface area contributed by atoms with Gasteiger partial charge in [-0.2, -0.15) is 0 Å². The van der Waals surface area contributed by atoms with E-state index in [4.69, 9.17) is 10.5 Å². The number of sulfone groups is 1. The molecule has 0 bridgehead atoms. The highest BCUT2D eigenvalue weighted by molar-refractivity contribution is 7.92. The lowest BCUT2D eigenvalue weighted by Gasteiger charge is -2.26. The zero-order valence-corrected chi connectivity index (χ0v) is 12.4. The first-order chi connectivity index (χ1) is 8.79. The summed E-state index contributed by atoms with van der Waals surface area (Å²) in [7, 11) is -1.81. The number of ether oxygens (including phenoxy) is 1. The van der Waals surface area contributed by atoms with Crippen molar-refractivity contribution in [1.29, 1.82) is 0 Å². The Kier molecular flexibility index (Phi) is 3.62. The zero-order chi connectivity index (χ0) is 14.3. The minimum absolute atomic E-state index is 0.121. The molecule has 1 aromatic carbocycles. The lowest BCUT2D eigenvalue weighted by atomic mass is 9.88. The van der Waals surface area contributed by atoms with Crippen LogP contribution in [0.25, 0.3) is 0 Å². The van der Waals surface area contributed by atoms with Gasteiger partial charge in [0.25, 0.3) is 0 Å². The predicted molar refractivity (Wildman–Crippen MR) is 75.0 cm³/mol. The van der Waals surface area contributed by atoms with Crippen molar-refractivity contribution >= 4 is 9.84 Å². The van der Waals surface area contributed by atoms with Gasteiger partial charge in [-0.25, -0.2) is 8.42 Å². The molecule has 106 valence electrons. The molecule has 5 heteroatoms. The summed E-state index contributed by atoms with van der Waals surface area (Å²) < 4.78 is 30.3. The molecule has 1 saturated carbocycles. The Morgan fingerprint density at radius 1 is 1.26 bits per heavy atom. The average Bonchev–Trinajstić information content (AvgIpc) is 2.65. The van der Waals surface area contributed by atoms with Gasteiger partial charge in [0.1, 0.15) is 5.75 Å². The summed E-state index contributed by atoms with van der Waals surface area (Å²) in [5, 5.41) is -0.490. The summed E-state index contributed by atoms with van der Waals surface area (Å²) in [6, 6.07) is 6.19. The van der Waals surface area contributed by atoms with E-state index in [0.717, 1.165) is 6.42 Å². The largest absolute Gasteiger partial charge is 0.497 e. The van der Waals surface area contributed by atoms with Gasteiger partial charge in [-0.3, -0.25) is 0 Å². The maximum Gasteiger partial charge on any atom is 0.182 e. The smallest absolute Gasteiger partial charge is 0.182 e. The van der Waals surface area contributed by atoms with Gasteiger partial charge < -0.3 is 10.5 Å². The molecule has 4 nitrogen and oxygen atoms in total. The van der Waals surface area contributed by atoms with Gasteiger partial charge in [0.15, 0.2) is 9.84 Å². The summed E-state index contributed by atoms with van der Waals surface area (Å²) >= 11 is 0. The lowest BCUT2D eigenvalue weighted by molar-refractivity contribution is 0.332. The van der Waals surface area contributed by atoms with Gasteiger partial charge in [0, 0.05) is 6.04 Å². The molecule has 2 atom stereocenters. The van der Waals surface area contributed by atoms with Crippen molar-refractivity contribution in [2.45, 2.75) is 42.9 Å². The van der Waals surface area contributed by atoms with Crippen molar-refractivity contribution in [2.75, 3.05) is 7.11 Å². The molecular formula is C14H21NO3S. The third-order valence-electron chi connectivity index (χ3n) is 4.16. The van der Waals surface area contributed by atoms with E-state index < -0.39 is 15.1 Å². The lowest BCUT2D eigenvalue weighted by Crippen LogP contribution is -2.43. The van der Waals surface area contributed by atoms with Crippen LogP contribution in [-0.2, 0) is 9.84 Å². The van der Waals surface area contributed by atoms with Crippen LogP contribution in [0.5, 0.6) is 5.75 Å². The Morgan fingerprint density at radius 2 is 1.84 bits per heavy atom. The Labute approximate surface area is 114 Å². The standard InChI is InChI=1S/C14H21NO3S/c1-14(2)9-8-12(13(14)15)19(16,17)11-6-4-10(18-3)5-7-11/h4-7,12-13H,8-9,15H2,1-3H3. The van der Waals surface area contributed by atoms with Crippen LogP contribution < -0.4 is 10.5 Å². The molecule has 0 spiro atoms. The normalized spacial score (nSPS) is 26.3.